The molecule has 0 spiro atoms. The van der Waals surface area contributed by atoms with Crippen molar-refractivity contribution in [3.8, 4) is 0 Å². The third-order valence-electron chi connectivity index (χ3n) is 2.11. The molecule has 1 N–H and O–H groups in total. The number of thioether (sulfide) groups is 2. The maximum atomic E-state index is 12.2. The number of anilines is 1. The van der Waals surface area contributed by atoms with E-state index >= 15 is 0 Å². The van der Waals surface area contributed by atoms with Gasteiger partial charge in [-0.05, 0) is 31.6 Å². The molecule has 5 nitrogen and oxygen atoms in total. The molecule has 0 bridgehead atoms. The Morgan fingerprint density at radius 3 is 2.84 bits per heavy atom. The molecule has 19 heavy (non-hydrogen) atoms. The zero-order chi connectivity index (χ0) is 13.9. The number of carbonyl (C=O) groups is 1. The molecule has 1 amide bonds. The summed E-state index contributed by atoms with van der Waals surface area (Å²) in [6.07, 6.45) is 3.59. The van der Waals surface area contributed by atoms with E-state index in [4.69, 9.17) is 0 Å². The molecule has 0 aromatic carbocycles. The van der Waals surface area contributed by atoms with Gasteiger partial charge in [0.05, 0.1) is 4.75 Å². The zero-order valence-electron chi connectivity index (χ0n) is 10.5. The Morgan fingerprint density at radius 2 is 2.26 bits per heavy atom. The van der Waals surface area contributed by atoms with Gasteiger partial charge in [0, 0.05) is 11.6 Å². The molecular weight excluding hydrogens is 320 g/mol. The highest BCUT2D eigenvalue weighted by Gasteiger charge is 2.31. The van der Waals surface area contributed by atoms with Crippen LogP contribution >= 0.6 is 46.4 Å². The average molecular weight is 333 g/mol. The normalized spacial score (nSPS) is 11.5. The van der Waals surface area contributed by atoms with Gasteiger partial charge in [-0.1, -0.05) is 23.5 Å². The Morgan fingerprint density at radius 1 is 1.47 bits per heavy atom. The number of thiazole rings is 1. The van der Waals surface area contributed by atoms with Crippen molar-refractivity contribution in [1.29, 1.82) is 0 Å². The number of rotatable bonds is 5. The maximum absolute atomic E-state index is 12.2. The fourth-order valence-corrected chi connectivity index (χ4v) is 4.27. The van der Waals surface area contributed by atoms with Crippen LogP contribution in [0.25, 0.3) is 0 Å². The van der Waals surface area contributed by atoms with Gasteiger partial charge in [0.2, 0.25) is 11.1 Å². The van der Waals surface area contributed by atoms with Crippen molar-refractivity contribution in [1.82, 2.24) is 14.3 Å². The largest absolute Gasteiger partial charge is 0.301 e. The van der Waals surface area contributed by atoms with Crippen LogP contribution in [0.4, 0.5) is 5.13 Å². The van der Waals surface area contributed by atoms with Gasteiger partial charge in [0.1, 0.15) is 0 Å². The summed E-state index contributed by atoms with van der Waals surface area (Å²) in [6.45, 7) is 3.72. The molecule has 0 aliphatic heterocycles. The molecule has 2 heterocycles. The summed E-state index contributed by atoms with van der Waals surface area (Å²) in [4.78, 5) is 20.6. The highest BCUT2D eigenvalue weighted by molar-refractivity contribution is 8.03. The zero-order valence-corrected chi connectivity index (χ0v) is 13.8. The van der Waals surface area contributed by atoms with E-state index in [-0.39, 0.29) is 5.91 Å². The topological polar surface area (TPSA) is 67.8 Å². The van der Waals surface area contributed by atoms with Gasteiger partial charge < -0.3 is 5.32 Å². The summed E-state index contributed by atoms with van der Waals surface area (Å²) in [5.41, 5.74) is 0. The van der Waals surface area contributed by atoms with Crippen molar-refractivity contribution in [3.05, 3.63) is 11.6 Å². The molecule has 0 radical (unpaired) electrons. The molecule has 0 aliphatic carbocycles. The van der Waals surface area contributed by atoms with E-state index in [1.807, 2.05) is 25.5 Å². The monoisotopic (exact) mass is 332 g/mol. The molecule has 0 atom stereocenters. The van der Waals surface area contributed by atoms with Crippen LogP contribution in [0, 0.1) is 0 Å². The van der Waals surface area contributed by atoms with E-state index in [0.29, 0.717) is 5.13 Å². The predicted octanol–water partition coefficient (Wildman–Crippen LogP) is 3.23. The summed E-state index contributed by atoms with van der Waals surface area (Å²) >= 11 is 5.62. The highest BCUT2D eigenvalue weighted by Crippen LogP contribution is 2.35. The van der Waals surface area contributed by atoms with Crippen LogP contribution in [0.3, 0.4) is 0 Å². The lowest BCUT2D eigenvalue weighted by atomic mass is 10.2. The van der Waals surface area contributed by atoms with Crippen molar-refractivity contribution in [2.45, 2.75) is 28.1 Å². The van der Waals surface area contributed by atoms with Crippen LogP contribution in [0.15, 0.2) is 21.1 Å². The van der Waals surface area contributed by atoms with Crippen molar-refractivity contribution in [3.63, 3.8) is 0 Å². The smallest absolute Gasteiger partial charge is 0.242 e. The quantitative estimate of drug-likeness (QED) is 0.848. The molecule has 2 rings (SSSR count). The second kappa shape index (κ2) is 6.21. The van der Waals surface area contributed by atoms with Gasteiger partial charge in [0.25, 0.3) is 0 Å². The Balaban J connectivity index is 2.02. The predicted molar refractivity (Wildman–Crippen MR) is 82.4 cm³/mol. The number of hydrogen-bond donors (Lipinski definition) is 1. The highest BCUT2D eigenvalue weighted by atomic mass is 32.2. The van der Waals surface area contributed by atoms with Crippen LogP contribution < -0.4 is 5.32 Å². The van der Waals surface area contributed by atoms with Gasteiger partial charge in [-0.15, -0.1) is 11.3 Å². The minimum absolute atomic E-state index is 0.0895. The maximum Gasteiger partial charge on any atom is 0.242 e. The minimum atomic E-state index is -0.624. The molecule has 9 heteroatoms. The minimum Gasteiger partial charge on any atom is -0.301 e. The Kier molecular flexibility index (Phi) is 4.82. The summed E-state index contributed by atoms with van der Waals surface area (Å²) in [5.74, 6) is -0.0895. The van der Waals surface area contributed by atoms with E-state index in [1.54, 1.807) is 6.20 Å². The van der Waals surface area contributed by atoms with Crippen LogP contribution in [0.2, 0.25) is 0 Å². The number of nitrogens with zero attached hydrogens (tertiary/aromatic N) is 3. The van der Waals surface area contributed by atoms with E-state index in [0.717, 1.165) is 9.50 Å². The number of nitrogens with one attached hydrogen (secondary N) is 1. The van der Waals surface area contributed by atoms with E-state index in [1.165, 1.54) is 46.4 Å². The Hall–Kier alpha value is -0.640. The van der Waals surface area contributed by atoms with Crippen LogP contribution in [0.5, 0.6) is 0 Å². The molecule has 0 saturated heterocycles. The first-order valence-electron chi connectivity index (χ1n) is 5.29. The van der Waals surface area contributed by atoms with Gasteiger partial charge >= 0.3 is 0 Å². The average Bonchev–Trinajstić information content (AvgIpc) is 2.99. The van der Waals surface area contributed by atoms with Gasteiger partial charge in [0.15, 0.2) is 9.47 Å². The molecular formula is C10H12N4OS4. The molecule has 102 valence electrons. The Bertz CT molecular complexity index is 552. The summed E-state index contributed by atoms with van der Waals surface area (Å²) in [5, 5.41) is 5.98. The standard InChI is InChI=1S/C10H12N4OS4/c1-10(2,6(15)12-7-11-4-5-17-7)18-9-13-8(16-3)14-19-9/h4-5H,1-3H3,(H,11,12,15). The van der Waals surface area contributed by atoms with Crippen molar-refractivity contribution >= 4 is 57.4 Å². The molecule has 0 aliphatic rings. The first kappa shape index (κ1) is 14.8. The van der Waals surface area contributed by atoms with Gasteiger partial charge in [-0.2, -0.15) is 4.37 Å². The molecule has 0 saturated carbocycles. The van der Waals surface area contributed by atoms with Gasteiger partial charge in [-0.3, -0.25) is 4.79 Å². The molecule has 2 aromatic heterocycles. The number of amides is 1. The molecule has 2 aromatic rings. The van der Waals surface area contributed by atoms with Gasteiger partial charge in [-0.25, -0.2) is 9.97 Å². The fraction of sp³-hybridized carbons (Fsp3) is 0.400. The second-order valence-electron chi connectivity index (χ2n) is 3.95. The van der Waals surface area contributed by atoms with Crippen molar-refractivity contribution in [2.24, 2.45) is 0 Å². The third-order valence-corrected chi connectivity index (χ3v) is 5.41. The van der Waals surface area contributed by atoms with Crippen molar-refractivity contribution < 1.29 is 4.79 Å². The lowest BCUT2D eigenvalue weighted by Crippen LogP contribution is -2.33. The number of aromatic nitrogens is 3. The van der Waals surface area contributed by atoms with E-state index in [2.05, 4.69) is 19.7 Å². The SMILES string of the molecule is CSc1nsc(SC(C)(C)C(=O)Nc2nccs2)n1. The van der Waals surface area contributed by atoms with E-state index in [9.17, 15) is 4.79 Å². The van der Waals surface area contributed by atoms with Crippen LogP contribution in [-0.4, -0.2) is 31.3 Å². The summed E-state index contributed by atoms with van der Waals surface area (Å²) in [6, 6.07) is 0. The first-order valence-corrected chi connectivity index (χ1v) is 8.98. The first-order chi connectivity index (χ1) is 9.01. The fourth-order valence-electron chi connectivity index (χ4n) is 1.12. The summed E-state index contributed by atoms with van der Waals surface area (Å²) in [7, 11) is 0. The number of carbonyl (C=O) groups excluding carboxylic acids is 1. The lowest BCUT2D eigenvalue weighted by molar-refractivity contribution is -0.117. The summed E-state index contributed by atoms with van der Waals surface area (Å²) < 4.78 is 4.36. The molecule has 0 fully saturated rings. The van der Waals surface area contributed by atoms with Crippen molar-refractivity contribution in [2.75, 3.05) is 11.6 Å². The van der Waals surface area contributed by atoms with Crippen LogP contribution in [0.1, 0.15) is 13.8 Å². The number of hydrogen-bond acceptors (Lipinski definition) is 8. The third kappa shape index (κ3) is 3.91. The van der Waals surface area contributed by atoms with Crippen LogP contribution in [-0.2, 0) is 4.79 Å². The Labute approximate surface area is 127 Å². The lowest BCUT2D eigenvalue weighted by Gasteiger charge is -2.20. The van der Waals surface area contributed by atoms with E-state index < -0.39 is 4.75 Å². The second-order valence-corrected chi connectivity index (χ2v) is 8.24. The molecule has 0 unspecified atom stereocenters.